The lowest BCUT2D eigenvalue weighted by molar-refractivity contribution is -0.136. The predicted octanol–water partition coefficient (Wildman–Crippen LogP) is 8.12. The first-order valence-electron chi connectivity index (χ1n) is 16.6. The molecule has 0 unspecified atom stereocenters. The standard InChI is InChI=1S/C41H36FN3O7/c1-41(2,3)52-40(48)44-22-30(28-18-31(42)35(19-33(28)44)51-23-24-11-7-6-8-12-24)37-36(29-20-43-32-14-10-9-13-27(29)32)38(46)45(39(37)47)21-25-15-16-26(49-4)17-34(25)50-5/h6-20,22,43H,21,23H2,1-5H3. The van der Waals surface area contributed by atoms with Crippen molar-refractivity contribution in [3.63, 3.8) is 0 Å². The monoisotopic (exact) mass is 701 g/mol. The SMILES string of the molecule is COc1ccc(CN2C(=O)C(c3c[nH]c4ccccc34)=C(c3cn(C(=O)OC(C)(C)C)c4cc(OCc5ccccc5)c(F)cc34)C2=O)c(OC)c1. The summed E-state index contributed by atoms with van der Waals surface area (Å²) in [7, 11) is 3.02. The highest BCUT2D eigenvalue weighted by Gasteiger charge is 2.42. The summed E-state index contributed by atoms with van der Waals surface area (Å²) >= 11 is 0. The van der Waals surface area contributed by atoms with Gasteiger partial charge in [0.25, 0.3) is 11.8 Å². The topological polar surface area (TPSA) is 112 Å². The number of rotatable bonds is 9. The maximum Gasteiger partial charge on any atom is 0.419 e. The van der Waals surface area contributed by atoms with Crippen LogP contribution in [0.1, 0.15) is 43.0 Å². The summed E-state index contributed by atoms with van der Waals surface area (Å²) in [4.78, 5) is 47.3. The van der Waals surface area contributed by atoms with Gasteiger partial charge in [-0.05, 0) is 50.6 Å². The number of para-hydroxylation sites is 1. The Kier molecular flexibility index (Phi) is 8.79. The molecule has 2 aromatic heterocycles. The van der Waals surface area contributed by atoms with E-state index in [1.165, 1.54) is 37.1 Å². The van der Waals surface area contributed by atoms with Crippen LogP contribution < -0.4 is 14.2 Å². The molecule has 6 aromatic rings. The molecule has 2 amide bonds. The zero-order valence-electron chi connectivity index (χ0n) is 29.3. The average molecular weight is 702 g/mol. The summed E-state index contributed by atoms with van der Waals surface area (Å²) in [6.07, 6.45) is 2.34. The van der Waals surface area contributed by atoms with Crippen LogP contribution in [0.5, 0.6) is 17.2 Å². The molecule has 3 heterocycles. The van der Waals surface area contributed by atoms with Gasteiger partial charge in [-0.15, -0.1) is 0 Å². The number of carbonyl (C=O) groups excluding carboxylic acids is 3. The summed E-state index contributed by atoms with van der Waals surface area (Å²) in [5, 5.41) is 0.923. The van der Waals surface area contributed by atoms with Crippen LogP contribution in [0, 0.1) is 5.82 Å². The molecule has 1 aliphatic heterocycles. The van der Waals surface area contributed by atoms with Crippen LogP contribution in [0.4, 0.5) is 9.18 Å². The van der Waals surface area contributed by atoms with Crippen molar-refractivity contribution in [2.45, 2.75) is 39.5 Å². The van der Waals surface area contributed by atoms with Crippen molar-refractivity contribution >= 4 is 50.9 Å². The Morgan fingerprint density at radius 2 is 1.52 bits per heavy atom. The van der Waals surface area contributed by atoms with Gasteiger partial charge >= 0.3 is 6.09 Å². The van der Waals surface area contributed by atoms with Crippen molar-refractivity contribution in [3.05, 3.63) is 125 Å². The molecule has 10 nitrogen and oxygen atoms in total. The number of nitrogens with one attached hydrogen (secondary N) is 1. The molecule has 11 heteroatoms. The van der Waals surface area contributed by atoms with Gasteiger partial charge in [-0.2, -0.15) is 0 Å². The van der Waals surface area contributed by atoms with Crippen LogP contribution in [0.25, 0.3) is 33.0 Å². The number of halogens is 1. The van der Waals surface area contributed by atoms with Crippen LogP contribution in [-0.4, -0.2) is 52.2 Å². The van der Waals surface area contributed by atoms with E-state index in [0.717, 1.165) is 16.0 Å². The Bertz CT molecular complexity index is 2400. The molecule has 0 atom stereocenters. The third kappa shape index (κ3) is 6.25. The molecule has 1 N–H and O–H groups in total. The first-order chi connectivity index (χ1) is 25.0. The van der Waals surface area contributed by atoms with Crippen molar-refractivity contribution < 1.29 is 37.7 Å². The zero-order valence-corrected chi connectivity index (χ0v) is 29.3. The van der Waals surface area contributed by atoms with Gasteiger partial charge in [0, 0.05) is 57.5 Å². The highest BCUT2D eigenvalue weighted by molar-refractivity contribution is 6.50. The maximum atomic E-state index is 16.0. The highest BCUT2D eigenvalue weighted by Crippen LogP contribution is 2.43. The number of carbonyl (C=O) groups is 3. The third-order valence-corrected chi connectivity index (χ3v) is 8.80. The summed E-state index contributed by atoms with van der Waals surface area (Å²) in [5.74, 6) is -1.04. The molecule has 0 radical (unpaired) electrons. The first-order valence-corrected chi connectivity index (χ1v) is 16.6. The van der Waals surface area contributed by atoms with E-state index in [9.17, 15) is 14.4 Å². The first kappa shape index (κ1) is 34.1. The van der Waals surface area contributed by atoms with Crippen LogP contribution in [0.3, 0.4) is 0 Å². The van der Waals surface area contributed by atoms with E-state index in [1.54, 1.807) is 45.2 Å². The predicted molar refractivity (Wildman–Crippen MR) is 195 cm³/mol. The Hall–Kier alpha value is -6.36. The van der Waals surface area contributed by atoms with Crippen molar-refractivity contribution in [1.82, 2.24) is 14.5 Å². The quantitative estimate of drug-likeness (QED) is 0.152. The van der Waals surface area contributed by atoms with Crippen molar-refractivity contribution in [1.29, 1.82) is 0 Å². The second kappa shape index (κ2) is 13.4. The molecule has 0 aliphatic carbocycles. The number of ether oxygens (including phenoxy) is 4. The van der Waals surface area contributed by atoms with Gasteiger partial charge in [0.2, 0.25) is 0 Å². The number of nitrogens with zero attached hydrogens (tertiary/aromatic N) is 2. The third-order valence-electron chi connectivity index (χ3n) is 8.80. The average Bonchev–Trinajstić information content (AvgIpc) is 3.78. The maximum absolute atomic E-state index is 16.0. The van der Waals surface area contributed by atoms with Gasteiger partial charge in [-0.3, -0.25) is 19.1 Å². The fourth-order valence-electron chi connectivity index (χ4n) is 6.38. The lowest BCUT2D eigenvalue weighted by atomic mass is 9.95. The molecule has 1 aliphatic rings. The molecular formula is C41H36FN3O7. The number of methoxy groups -OCH3 is 2. The Labute approximate surface area is 299 Å². The number of amides is 2. The van der Waals surface area contributed by atoms with E-state index >= 15 is 4.39 Å². The minimum atomic E-state index is -0.873. The van der Waals surface area contributed by atoms with Gasteiger partial charge in [0.15, 0.2) is 11.6 Å². The number of hydrogen-bond donors (Lipinski definition) is 1. The van der Waals surface area contributed by atoms with E-state index in [0.29, 0.717) is 28.0 Å². The molecule has 0 saturated heterocycles. The number of aromatic amines is 1. The van der Waals surface area contributed by atoms with E-state index in [-0.39, 0.29) is 46.5 Å². The molecule has 7 rings (SSSR count). The Morgan fingerprint density at radius 1 is 0.808 bits per heavy atom. The Morgan fingerprint density at radius 3 is 2.23 bits per heavy atom. The second-order valence-electron chi connectivity index (χ2n) is 13.3. The normalized spacial score (nSPS) is 13.4. The lowest BCUT2D eigenvalue weighted by Gasteiger charge is -2.20. The summed E-state index contributed by atoms with van der Waals surface area (Å²) in [6.45, 7) is 5.14. The number of hydrogen-bond acceptors (Lipinski definition) is 7. The molecule has 0 bridgehead atoms. The van der Waals surface area contributed by atoms with E-state index in [4.69, 9.17) is 18.9 Å². The molecule has 52 heavy (non-hydrogen) atoms. The van der Waals surface area contributed by atoms with Gasteiger partial charge < -0.3 is 23.9 Å². The molecule has 4 aromatic carbocycles. The second-order valence-corrected chi connectivity index (χ2v) is 13.3. The molecule has 0 fully saturated rings. The smallest absolute Gasteiger partial charge is 0.419 e. The van der Waals surface area contributed by atoms with E-state index in [2.05, 4.69) is 4.98 Å². The van der Waals surface area contributed by atoms with Crippen LogP contribution in [0.15, 0.2) is 97.3 Å². The van der Waals surface area contributed by atoms with Crippen LogP contribution >= 0.6 is 0 Å². The van der Waals surface area contributed by atoms with Gasteiger partial charge in [-0.1, -0.05) is 48.5 Å². The van der Waals surface area contributed by atoms with Gasteiger partial charge in [-0.25, -0.2) is 9.18 Å². The fraction of sp³-hybridized carbons (Fsp3) is 0.195. The minimum absolute atomic E-state index is 0.00638. The number of fused-ring (bicyclic) bond motifs is 2. The highest BCUT2D eigenvalue weighted by atomic mass is 19.1. The number of aromatic nitrogens is 2. The minimum Gasteiger partial charge on any atom is -0.497 e. The summed E-state index contributed by atoms with van der Waals surface area (Å²) in [6, 6.07) is 24.4. The van der Waals surface area contributed by atoms with Gasteiger partial charge in [0.1, 0.15) is 23.7 Å². The number of imide groups is 1. The van der Waals surface area contributed by atoms with E-state index < -0.39 is 29.3 Å². The molecule has 0 spiro atoms. The fourth-order valence-corrected chi connectivity index (χ4v) is 6.38. The zero-order chi connectivity index (χ0) is 36.7. The summed E-state index contributed by atoms with van der Waals surface area (Å²) < 4.78 is 39.7. The largest absolute Gasteiger partial charge is 0.497 e. The van der Waals surface area contributed by atoms with Crippen LogP contribution in [-0.2, 0) is 27.5 Å². The summed E-state index contributed by atoms with van der Waals surface area (Å²) in [5.41, 5.74) is 2.26. The van der Waals surface area contributed by atoms with E-state index in [1.807, 2.05) is 54.6 Å². The number of benzene rings is 4. The van der Waals surface area contributed by atoms with Gasteiger partial charge in [0.05, 0.1) is 37.4 Å². The molecule has 0 saturated carbocycles. The number of H-pyrrole nitrogens is 1. The van der Waals surface area contributed by atoms with Crippen molar-refractivity contribution in [2.24, 2.45) is 0 Å². The van der Waals surface area contributed by atoms with Crippen LogP contribution in [0.2, 0.25) is 0 Å². The Balaban J connectivity index is 1.42. The molecular weight excluding hydrogens is 665 g/mol. The lowest BCUT2D eigenvalue weighted by Crippen LogP contribution is -2.31. The van der Waals surface area contributed by atoms with Crippen molar-refractivity contribution in [3.8, 4) is 17.2 Å². The molecule has 264 valence electrons. The van der Waals surface area contributed by atoms with Crippen molar-refractivity contribution in [2.75, 3.05) is 14.2 Å².